The van der Waals surface area contributed by atoms with Crippen molar-refractivity contribution in [3.8, 4) is 17.6 Å². The molecule has 0 unspecified atom stereocenters. The number of nitrogens with zero attached hydrogens (tertiary/aromatic N) is 3. The van der Waals surface area contributed by atoms with Crippen LogP contribution in [0.1, 0.15) is 51.1 Å². The molecule has 1 aliphatic heterocycles. The van der Waals surface area contributed by atoms with Gasteiger partial charge in [-0.1, -0.05) is 30.2 Å². The van der Waals surface area contributed by atoms with Crippen LogP contribution in [0.3, 0.4) is 0 Å². The van der Waals surface area contributed by atoms with Gasteiger partial charge in [-0.05, 0) is 80.2 Å². The fraction of sp³-hybridized carbons (Fsp3) is 0.290. The van der Waals surface area contributed by atoms with Gasteiger partial charge in [0.2, 0.25) is 0 Å². The van der Waals surface area contributed by atoms with E-state index in [1.807, 2.05) is 35.7 Å². The number of carbonyl (C=O) groups excluding carboxylic acids is 1. The first-order chi connectivity index (χ1) is 18.8. The van der Waals surface area contributed by atoms with Crippen LogP contribution in [0, 0.1) is 18.8 Å². The molecule has 0 amide bonds. The molecule has 0 radical (unpaired) electrons. The summed E-state index contributed by atoms with van der Waals surface area (Å²) in [5.41, 5.74) is 2.86. The number of ether oxygens (including phenoxy) is 1. The zero-order valence-electron chi connectivity index (χ0n) is 21.6. The van der Waals surface area contributed by atoms with Gasteiger partial charge in [-0.2, -0.15) is 13.2 Å². The average molecular weight is 532 g/mol. The third-order valence-electron chi connectivity index (χ3n) is 6.88. The van der Waals surface area contributed by atoms with Crippen molar-refractivity contribution in [1.82, 2.24) is 14.3 Å². The van der Waals surface area contributed by atoms with Crippen LogP contribution >= 0.6 is 0 Å². The van der Waals surface area contributed by atoms with Gasteiger partial charge in [0.15, 0.2) is 5.78 Å². The molecule has 5 nitrogen and oxygen atoms in total. The Balaban J connectivity index is 1.32. The molecule has 5 rings (SSSR count). The first kappa shape index (κ1) is 26.5. The summed E-state index contributed by atoms with van der Waals surface area (Å²) in [5, 5.41) is 0. The van der Waals surface area contributed by atoms with E-state index < -0.39 is 11.7 Å². The Morgan fingerprint density at radius 3 is 2.67 bits per heavy atom. The molecule has 0 aliphatic carbocycles. The van der Waals surface area contributed by atoms with Crippen molar-refractivity contribution >= 4 is 11.4 Å². The number of ketones is 1. The molecule has 4 aromatic rings. The Morgan fingerprint density at radius 1 is 1.05 bits per heavy atom. The van der Waals surface area contributed by atoms with Crippen molar-refractivity contribution in [3.05, 3.63) is 101 Å². The van der Waals surface area contributed by atoms with E-state index in [0.29, 0.717) is 23.4 Å². The predicted molar refractivity (Wildman–Crippen MR) is 143 cm³/mol. The highest BCUT2D eigenvalue weighted by Gasteiger charge is 2.35. The van der Waals surface area contributed by atoms with Crippen LogP contribution in [0.4, 0.5) is 13.2 Å². The number of aromatic nitrogens is 2. The summed E-state index contributed by atoms with van der Waals surface area (Å²) in [6, 6.07) is 14.7. The van der Waals surface area contributed by atoms with Crippen LogP contribution in [-0.2, 0) is 12.6 Å². The summed E-state index contributed by atoms with van der Waals surface area (Å²) >= 11 is 0. The molecule has 39 heavy (non-hydrogen) atoms. The molecule has 0 N–H and O–H groups in total. The number of fused-ring (bicyclic) bond motifs is 1. The number of likely N-dealkylation sites (tertiary alicyclic amines) is 1. The Morgan fingerprint density at radius 2 is 1.87 bits per heavy atom. The molecule has 1 saturated heterocycles. The lowest BCUT2D eigenvalue weighted by Crippen LogP contribution is -2.25. The van der Waals surface area contributed by atoms with Crippen LogP contribution in [0.15, 0.2) is 67.0 Å². The second kappa shape index (κ2) is 11.3. The third kappa shape index (κ3) is 6.32. The number of pyridine rings is 1. The number of rotatable bonds is 7. The van der Waals surface area contributed by atoms with E-state index in [-0.39, 0.29) is 30.1 Å². The quantitative estimate of drug-likeness (QED) is 0.218. The summed E-state index contributed by atoms with van der Waals surface area (Å²) in [5.74, 6) is 5.72. The van der Waals surface area contributed by atoms with E-state index in [0.717, 1.165) is 43.2 Å². The summed E-state index contributed by atoms with van der Waals surface area (Å²) in [6.07, 6.45) is 1.01. The highest BCUT2D eigenvalue weighted by atomic mass is 19.4. The summed E-state index contributed by atoms with van der Waals surface area (Å²) in [6.45, 7) is 4.56. The Kier molecular flexibility index (Phi) is 7.71. The second-order valence-electron chi connectivity index (χ2n) is 9.68. The number of benzene rings is 2. The van der Waals surface area contributed by atoms with Crippen molar-refractivity contribution in [2.24, 2.45) is 0 Å². The minimum Gasteiger partial charge on any atom is -0.492 e. The average Bonchev–Trinajstić information content (AvgIpc) is 3.58. The third-order valence-corrected chi connectivity index (χ3v) is 6.88. The number of hydrogen-bond donors (Lipinski definition) is 0. The molecule has 3 heterocycles. The monoisotopic (exact) mass is 531 g/mol. The van der Waals surface area contributed by atoms with Gasteiger partial charge >= 0.3 is 6.18 Å². The van der Waals surface area contributed by atoms with E-state index in [1.54, 1.807) is 24.4 Å². The van der Waals surface area contributed by atoms with E-state index in [2.05, 4.69) is 21.7 Å². The van der Waals surface area contributed by atoms with E-state index in [4.69, 9.17) is 4.74 Å². The molecule has 1 fully saturated rings. The maximum atomic E-state index is 13.8. The predicted octanol–water partition coefficient (Wildman–Crippen LogP) is 5.96. The van der Waals surface area contributed by atoms with Gasteiger partial charge in [-0.25, -0.2) is 4.98 Å². The van der Waals surface area contributed by atoms with Crippen molar-refractivity contribution in [1.29, 1.82) is 0 Å². The molecule has 0 atom stereocenters. The van der Waals surface area contributed by atoms with Crippen molar-refractivity contribution in [2.75, 3.05) is 26.2 Å². The lowest BCUT2D eigenvalue weighted by atomic mass is 9.97. The highest BCUT2D eigenvalue weighted by Crippen LogP contribution is 2.37. The van der Waals surface area contributed by atoms with Gasteiger partial charge in [0.1, 0.15) is 23.7 Å². The summed E-state index contributed by atoms with van der Waals surface area (Å²) < 4.78 is 48.8. The Labute approximate surface area is 225 Å². The molecular weight excluding hydrogens is 503 g/mol. The largest absolute Gasteiger partial charge is 0.492 e. The minimum absolute atomic E-state index is 0.166. The van der Waals surface area contributed by atoms with Gasteiger partial charge in [-0.15, -0.1) is 0 Å². The van der Waals surface area contributed by atoms with Crippen molar-refractivity contribution < 1.29 is 22.7 Å². The van der Waals surface area contributed by atoms with Crippen molar-refractivity contribution in [3.63, 3.8) is 0 Å². The normalized spacial score (nSPS) is 13.8. The van der Waals surface area contributed by atoms with Crippen LogP contribution in [-0.4, -0.2) is 46.3 Å². The number of Topliss-reactive ketones (excluding diaryl/α,β-unsaturated/α-hetero) is 1. The zero-order valence-corrected chi connectivity index (χ0v) is 21.6. The Bertz CT molecular complexity index is 1560. The van der Waals surface area contributed by atoms with Gasteiger partial charge in [-0.3, -0.25) is 14.1 Å². The topological polar surface area (TPSA) is 46.8 Å². The molecule has 1 aliphatic rings. The van der Waals surface area contributed by atoms with Crippen LogP contribution in [0.2, 0.25) is 0 Å². The van der Waals surface area contributed by atoms with Crippen molar-refractivity contribution in [2.45, 2.75) is 32.4 Å². The van der Waals surface area contributed by atoms with Crippen LogP contribution in [0.5, 0.6) is 5.75 Å². The van der Waals surface area contributed by atoms with Crippen LogP contribution in [0.25, 0.3) is 5.65 Å². The summed E-state index contributed by atoms with van der Waals surface area (Å²) in [7, 11) is 0. The Hall–Kier alpha value is -4.09. The standard InChI is InChI=1S/C31H28F3N3O2/c1-22-7-9-25(20-24(22)10-11-26-21-35-30-6-2-3-15-37(26)30)28(38)19-23-8-12-29(27(18-23)31(32,33)34)39-17-16-36-13-4-5-14-36/h2-3,6-9,12,15,18,20-21H,4-5,13-14,16-17,19H2,1H3. The summed E-state index contributed by atoms with van der Waals surface area (Å²) in [4.78, 5) is 19.6. The molecule has 0 saturated carbocycles. The number of carbonyl (C=O) groups is 1. The fourth-order valence-electron chi connectivity index (χ4n) is 4.70. The fourth-order valence-corrected chi connectivity index (χ4v) is 4.70. The first-order valence-corrected chi connectivity index (χ1v) is 12.9. The molecule has 0 spiro atoms. The highest BCUT2D eigenvalue weighted by molar-refractivity contribution is 5.98. The maximum Gasteiger partial charge on any atom is 0.419 e. The SMILES string of the molecule is Cc1ccc(C(=O)Cc2ccc(OCCN3CCCC3)c(C(F)(F)F)c2)cc1C#Cc1cnc2ccccn12. The number of halogens is 3. The van der Waals surface area contributed by atoms with E-state index in [9.17, 15) is 18.0 Å². The van der Waals surface area contributed by atoms with E-state index >= 15 is 0 Å². The molecule has 0 bridgehead atoms. The molecule has 200 valence electrons. The molecule has 8 heteroatoms. The lowest BCUT2D eigenvalue weighted by Gasteiger charge is -2.18. The number of hydrogen-bond acceptors (Lipinski definition) is 4. The smallest absolute Gasteiger partial charge is 0.419 e. The van der Waals surface area contributed by atoms with Gasteiger partial charge in [0.25, 0.3) is 0 Å². The van der Waals surface area contributed by atoms with Crippen LogP contribution < -0.4 is 4.74 Å². The molecular formula is C31H28F3N3O2. The minimum atomic E-state index is -4.59. The second-order valence-corrected chi connectivity index (χ2v) is 9.68. The number of alkyl halides is 3. The van der Waals surface area contributed by atoms with Gasteiger partial charge in [0, 0.05) is 30.3 Å². The van der Waals surface area contributed by atoms with E-state index in [1.165, 1.54) is 12.1 Å². The van der Waals surface area contributed by atoms with Gasteiger partial charge in [0.05, 0.1) is 11.8 Å². The lowest BCUT2D eigenvalue weighted by molar-refractivity contribution is -0.139. The number of imidazole rings is 1. The molecule has 2 aromatic carbocycles. The maximum absolute atomic E-state index is 13.8. The first-order valence-electron chi connectivity index (χ1n) is 12.9. The number of aryl methyl sites for hydroxylation is 1. The molecule has 2 aromatic heterocycles. The zero-order chi connectivity index (χ0) is 27.4. The van der Waals surface area contributed by atoms with Gasteiger partial charge < -0.3 is 4.74 Å².